The second kappa shape index (κ2) is 8.35. The number of piperidine rings is 1. The summed E-state index contributed by atoms with van der Waals surface area (Å²) in [6.07, 6.45) is 1.69. The van der Waals surface area contributed by atoms with Gasteiger partial charge in [-0.05, 0) is 71.7 Å². The highest BCUT2D eigenvalue weighted by atomic mass is 16.6. The number of para-hydroxylation sites is 1. The quantitative estimate of drug-likeness (QED) is 0.794. The van der Waals surface area contributed by atoms with Gasteiger partial charge in [0.05, 0.1) is 6.61 Å². The Morgan fingerprint density at radius 2 is 1.89 bits per heavy atom. The zero-order chi connectivity index (χ0) is 20.3. The van der Waals surface area contributed by atoms with Crippen LogP contribution in [0.2, 0.25) is 0 Å². The lowest BCUT2D eigenvalue weighted by atomic mass is 9.89. The van der Waals surface area contributed by atoms with Crippen LogP contribution in [0.25, 0.3) is 10.9 Å². The molecule has 1 aliphatic rings. The summed E-state index contributed by atoms with van der Waals surface area (Å²) < 4.78 is 12.9. The summed E-state index contributed by atoms with van der Waals surface area (Å²) in [4.78, 5) is 26.0. The first-order valence-electron chi connectivity index (χ1n) is 10.0. The number of nitrogens with zero attached hydrogens (tertiary/aromatic N) is 1. The number of rotatable bonds is 5. The minimum absolute atomic E-state index is 0.0834. The van der Waals surface area contributed by atoms with Gasteiger partial charge in [-0.3, -0.25) is 0 Å². The van der Waals surface area contributed by atoms with E-state index in [0.717, 1.165) is 36.8 Å². The fraction of sp³-hybridized carbons (Fsp3) is 0.545. The summed E-state index contributed by atoms with van der Waals surface area (Å²) in [5, 5.41) is 4.25. The summed E-state index contributed by atoms with van der Waals surface area (Å²) >= 11 is 0. The Morgan fingerprint density at radius 1 is 1.21 bits per heavy atom. The van der Waals surface area contributed by atoms with Gasteiger partial charge in [0.15, 0.2) is 0 Å². The molecule has 152 valence electrons. The first-order chi connectivity index (χ1) is 13.3. The molecule has 1 unspecified atom stereocenters. The first-order valence-corrected chi connectivity index (χ1v) is 10.0. The van der Waals surface area contributed by atoms with Gasteiger partial charge >= 0.3 is 11.9 Å². The molecular weight excluding hydrogens is 356 g/mol. The molecule has 0 spiro atoms. The van der Waals surface area contributed by atoms with Crippen molar-refractivity contribution in [2.45, 2.75) is 52.2 Å². The van der Waals surface area contributed by atoms with Crippen molar-refractivity contribution in [2.24, 2.45) is 5.92 Å². The highest BCUT2D eigenvalue weighted by molar-refractivity contribution is 5.97. The van der Waals surface area contributed by atoms with Crippen LogP contribution in [-0.2, 0) is 14.3 Å². The van der Waals surface area contributed by atoms with Crippen molar-refractivity contribution >= 4 is 22.8 Å². The molecule has 1 N–H and O–H groups in total. The zero-order valence-electron chi connectivity index (χ0n) is 17.2. The van der Waals surface area contributed by atoms with Crippen LogP contribution in [0.5, 0.6) is 0 Å². The number of fused-ring (bicyclic) bond motifs is 1. The average Bonchev–Trinajstić information content (AvgIpc) is 3.01. The molecule has 1 saturated heterocycles. The van der Waals surface area contributed by atoms with E-state index in [1.807, 2.05) is 55.7 Å². The largest absolute Gasteiger partial charge is 0.461 e. The molecule has 1 aliphatic heterocycles. The number of carbonyl (C=O) groups excluding carboxylic acids is 2. The Labute approximate surface area is 166 Å². The van der Waals surface area contributed by atoms with Gasteiger partial charge < -0.3 is 19.4 Å². The summed E-state index contributed by atoms with van der Waals surface area (Å²) in [7, 11) is 0. The van der Waals surface area contributed by atoms with Gasteiger partial charge in [-0.15, -0.1) is 0 Å². The minimum atomic E-state index is -0.602. The SMILES string of the molecule is CCOC(=O)c1cc2ccccc2n1C(C(=O)OC(C)(C)C)C1CCNCC1. The second-order valence-electron chi connectivity index (χ2n) is 8.24. The van der Waals surface area contributed by atoms with Crippen molar-refractivity contribution in [3.05, 3.63) is 36.0 Å². The van der Waals surface area contributed by atoms with E-state index in [2.05, 4.69) is 5.32 Å². The van der Waals surface area contributed by atoms with Gasteiger partial charge in [0.25, 0.3) is 0 Å². The topological polar surface area (TPSA) is 69.6 Å². The molecular formula is C22H30N2O4. The molecule has 6 heteroatoms. The number of hydrogen-bond donors (Lipinski definition) is 1. The van der Waals surface area contributed by atoms with E-state index >= 15 is 0 Å². The molecule has 3 rings (SSSR count). The van der Waals surface area contributed by atoms with E-state index in [-0.39, 0.29) is 18.5 Å². The van der Waals surface area contributed by atoms with Crippen LogP contribution in [-0.4, -0.2) is 41.8 Å². The van der Waals surface area contributed by atoms with Crippen LogP contribution in [0.1, 0.15) is 57.1 Å². The van der Waals surface area contributed by atoms with Gasteiger partial charge in [-0.2, -0.15) is 0 Å². The highest BCUT2D eigenvalue weighted by Gasteiger charge is 2.37. The molecule has 0 radical (unpaired) electrons. The zero-order valence-corrected chi connectivity index (χ0v) is 17.2. The Kier molecular flexibility index (Phi) is 6.08. The second-order valence-corrected chi connectivity index (χ2v) is 8.24. The summed E-state index contributed by atoms with van der Waals surface area (Å²) in [5.41, 5.74) is 0.646. The Balaban J connectivity index is 2.14. The lowest BCUT2D eigenvalue weighted by molar-refractivity contribution is -0.161. The van der Waals surface area contributed by atoms with Crippen LogP contribution in [0, 0.1) is 5.92 Å². The molecule has 1 atom stereocenters. The van der Waals surface area contributed by atoms with Gasteiger partial charge in [-0.1, -0.05) is 18.2 Å². The molecule has 0 saturated carbocycles. The predicted octanol–water partition coefficient (Wildman–Crippen LogP) is 3.70. The Hall–Kier alpha value is -2.34. The lowest BCUT2D eigenvalue weighted by Gasteiger charge is -2.33. The number of benzene rings is 1. The third-order valence-corrected chi connectivity index (χ3v) is 4.99. The van der Waals surface area contributed by atoms with E-state index in [1.165, 1.54) is 0 Å². The van der Waals surface area contributed by atoms with E-state index in [4.69, 9.17) is 9.47 Å². The maximum atomic E-state index is 13.3. The predicted molar refractivity (Wildman–Crippen MR) is 108 cm³/mol. The smallest absolute Gasteiger partial charge is 0.354 e. The third kappa shape index (κ3) is 4.38. The normalized spacial score (nSPS) is 16.7. The average molecular weight is 386 g/mol. The van der Waals surface area contributed by atoms with Gasteiger partial charge in [0, 0.05) is 10.9 Å². The van der Waals surface area contributed by atoms with Crippen molar-refractivity contribution in [3.8, 4) is 0 Å². The molecule has 0 bridgehead atoms. The van der Waals surface area contributed by atoms with Crippen LogP contribution in [0.3, 0.4) is 0 Å². The molecule has 2 aromatic rings. The van der Waals surface area contributed by atoms with Crippen LogP contribution < -0.4 is 5.32 Å². The maximum Gasteiger partial charge on any atom is 0.354 e. The van der Waals surface area contributed by atoms with Gasteiger partial charge in [0.2, 0.25) is 0 Å². The number of carbonyl (C=O) groups is 2. The minimum Gasteiger partial charge on any atom is -0.461 e. The molecule has 0 aliphatic carbocycles. The van der Waals surface area contributed by atoms with Crippen molar-refractivity contribution in [1.82, 2.24) is 9.88 Å². The summed E-state index contributed by atoms with van der Waals surface area (Å²) in [6.45, 7) is 9.35. The maximum absolute atomic E-state index is 13.3. The van der Waals surface area contributed by atoms with Crippen molar-refractivity contribution < 1.29 is 19.1 Å². The van der Waals surface area contributed by atoms with Gasteiger partial charge in [0.1, 0.15) is 17.3 Å². The van der Waals surface area contributed by atoms with Crippen molar-refractivity contribution in [1.29, 1.82) is 0 Å². The number of nitrogens with one attached hydrogen (secondary N) is 1. The first kappa shape index (κ1) is 20.4. The molecule has 6 nitrogen and oxygen atoms in total. The molecule has 1 fully saturated rings. The number of ether oxygens (including phenoxy) is 2. The molecule has 1 aromatic heterocycles. The Bertz CT molecular complexity index is 844. The van der Waals surface area contributed by atoms with Gasteiger partial charge in [-0.25, -0.2) is 9.59 Å². The fourth-order valence-corrected chi connectivity index (χ4v) is 3.87. The van der Waals surface area contributed by atoms with E-state index in [0.29, 0.717) is 5.69 Å². The number of esters is 2. The number of aromatic nitrogens is 1. The third-order valence-electron chi connectivity index (χ3n) is 4.99. The Morgan fingerprint density at radius 3 is 2.54 bits per heavy atom. The summed E-state index contributed by atoms with van der Waals surface area (Å²) in [5.74, 6) is -0.632. The van der Waals surface area contributed by atoms with E-state index < -0.39 is 17.6 Å². The molecule has 28 heavy (non-hydrogen) atoms. The molecule has 0 amide bonds. The van der Waals surface area contributed by atoms with Crippen LogP contribution in [0.15, 0.2) is 30.3 Å². The monoisotopic (exact) mass is 386 g/mol. The summed E-state index contributed by atoms with van der Waals surface area (Å²) in [6, 6.07) is 8.98. The van der Waals surface area contributed by atoms with E-state index in [1.54, 1.807) is 6.92 Å². The standard InChI is InChI=1S/C22H30N2O4/c1-5-27-20(25)18-14-16-8-6-7-9-17(16)24(18)19(15-10-12-23-13-11-15)21(26)28-22(2,3)4/h6-9,14-15,19,23H,5,10-13H2,1-4H3. The lowest BCUT2D eigenvalue weighted by Crippen LogP contribution is -2.40. The van der Waals surface area contributed by atoms with Crippen LogP contribution >= 0.6 is 0 Å². The van der Waals surface area contributed by atoms with Crippen molar-refractivity contribution in [2.75, 3.05) is 19.7 Å². The van der Waals surface area contributed by atoms with E-state index in [9.17, 15) is 9.59 Å². The number of hydrogen-bond acceptors (Lipinski definition) is 5. The van der Waals surface area contributed by atoms with Crippen molar-refractivity contribution in [3.63, 3.8) is 0 Å². The van der Waals surface area contributed by atoms with Crippen LogP contribution in [0.4, 0.5) is 0 Å². The fourth-order valence-electron chi connectivity index (χ4n) is 3.87. The molecule has 2 heterocycles. The highest BCUT2D eigenvalue weighted by Crippen LogP contribution is 2.35. The molecule has 1 aromatic carbocycles.